The van der Waals surface area contributed by atoms with Crippen LogP contribution in [0.5, 0.6) is 0 Å². The molecule has 0 aromatic carbocycles. The normalized spacial score (nSPS) is 10.1. The van der Waals surface area contributed by atoms with Crippen LogP contribution in [-0.2, 0) is 0 Å². The molecule has 0 spiro atoms. The largest absolute Gasteiger partial charge is 0.372 e. The van der Waals surface area contributed by atoms with Crippen LogP contribution in [0.3, 0.4) is 0 Å². The zero-order chi connectivity index (χ0) is 9.97. The monoisotopic (exact) mass is 206 g/mol. The molecule has 0 atom stereocenters. The van der Waals surface area contributed by atoms with Crippen LogP contribution in [0.2, 0.25) is 0 Å². The van der Waals surface area contributed by atoms with Crippen LogP contribution in [0.4, 0.5) is 5.82 Å². The fraction of sp³-hybridized carbons (Fsp3) is 0.222. The number of aromatic nitrogens is 3. The molecule has 0 aliphatic rings. The number of nitrogens with one attached hydrogen (secondary N) is 1. The van der Waals surface area contributed by atoms with Gasteiger partial charge in [0.2, 0.25) is 0 Å². The van der Waals surface area contributed by atoms with Gasteiger partial charge in [-0.3, -0.25) is 0 Å². The van der Waals surface area contributed by atoms with Crippen molar-refractivity contribution in [2.75, 3.05) is 12.4 Å². The van der Waals surface area contributed by atoms with Crippen molar-refractivity contribution in [3.8, 4) is 10.6 Å². The number of hydrogen-bond acceptors (Lipinski definition) is 5. The van der Waals surface area contributed by atoms with Crippen molar-refractivity contribution >= 4 is 17.2 Å². The summed E-state index contributed by atoms with van der Waals surface area (Å²) in [6, 6.07) is 3.84. The predicted octanol–water partition coefficient (Wildman–Crippen LogP) is 1.95. The Kier molecular flexibility index (Phi) is 2.41. The molecule has 1 N–H and O–H groups in total. The molecule has 0 aliphatic carbocycles. The minimum Gasteiger partial charge on any atom is -0.372 e. The average Bonchev–Trinajstić information content (AvgIpc) is 2.65. The lowest BCUT2D eigenvalue weighted by molar-refractivity contribution is 1.04. The third-order valence-electron chi connectivity index (χ3n) is 1.79. The Bertz CT molecular complexity index is 421. The summed E-state index contributed by atoms with van der Waals surface area (Å²) in [4.78, 5) is 5.22. The van der Waals surface area contributed by atoms with Gasteiger partial charge in [-0.15, -0.1) is 21.5 Å². The van der Waals surface area contributed by atoms with Gasteiger partial charge in [0, 0.05) is 13.2 Å². The second-order valence-corrected chi connectivity index (χ2v) is 4.03. The molecule has 2 aromatic heterocycles. The molecule has 0 saturated heterocycles. The van der Waals surface area contributed by atoms with Crippen LogP contribution >= 0.6 is 11.3 Å². The zero-order valence-corrected chi connectivity index (χ0v) is 8.80. The van der Waals surface area contributed by atoms with Crippen LogP contribution < -0.4 is 5.32 Å². The Morgan fingerprint density at radius 3 is 2.64 bits per heavy atom. The highest BCUT2D eigenvalue weighted by Crippen LogP contribution is 2.23. The van der Waals surface area contributed by atoms with Crippen molar-refractivity contribution in [3.05, 3.63) is 23.3 Å². The van der Waals surface area contributed by atoms with E-state index in [1.807, 2.05) is 32.3 Å². The lowest BCUT2D eigenvalue weighted by Gasteiger charge is -1.97. The van der Waals surface area contributed by atoms with Crippen molar-refractivity contribution in [1.29, 1.82) is 0 Å². The fourth-order valence-corrected chi connectivity index (χ4v) is 1.82. The third-order valence-corrected chi connectivity index (χ3v) is 2.73. The molecule has 0 saturated carbocycles. The minimum absolute atomic E-state index is 0.773. The van der Waals surface area contributed by atoms with Gasteiger partial charge in [-0.05, 0) is 19.1 Å². The van der Waals surface area contributed by atoms with Crippen molar-refractivity contribution in [2.45, 2.75) is 6.92 Å². The Balaban J connectivity index is 2.33. The molecule has 14 heavy (non-hydrogen) atoms. The first kappa shape index (κ1) is 9.08. The van der Waals surface area contributed by atoms with E-state index >= 15 is 0 Å². The molecule has 2 heterocycles. The first-order valence-corrected chi connectivity index (χ1v) is 5.05. The standard InChI is InChI=1S/C9H10N4S/c1-6-11-5-8(14-6)7-3-4-9(10-2)13-12-7/h3-5H,1-2H3,(H,10,13). The second-order valence-electron chi connectivity index (χ2n) is 2.80. The molecule has 0 aliphatic heterocycles. The Morgan fingerprint density at radius 1 is 1.29 bits per heavy atom. The summed E-state index contributed by atoms with van der Waals surface area (Å²) >= 11 is 1.62. The fourth-order valence-electron chi connectivity index (χ4n) is 1.08. The van der Waals surface area contributed by atoms with Crippen LogP contribution in [-0.4, -0.2) is 22.2 Å². The van der Waals surface area contributed by atoms with Crippen molar-refractivity contribution < 1.29 is 0 Å². The van der Waals surface area contributed by atoms with Crippen molar-refractivity contribution in [3.63, 3.8) is 0 Å². The predicted molar refractivity (Wildman–Crippen MR) is 57.4 cm³/mol. The van der Waals surface area contributed by atoms with Crippen molar-refractivity contribution in [1.82, 2.24) is 15.2 Å². The van der Waals surface area contributed by atoms with Gasteiger partial charge in [0.15, 0.2) is 0 Å². The Morgan fingerprint density at radius 2 is 2.14 bits per heavy atom. The summed E-state index contributed by atoms with van der Waals surface area (Å²) in [5, 5.41) is 12.1. The van der Waals surface area contributed by atoms with Gasteiger partial charge >= 0.3 is 0 Å². The average molecular weight is 206 g/mol. The smallest absolute Gasteiger partial charge is 0.148 e. The highest BCUT2D eigenvalue weighted by Gasteiger charge is 2.03. The van der Waals surface area contributed by atoms with E-state index in [1.165, 1.54) is 0 Å². The van der Waals surface area contributed by atoms with E-state index in [-0.39, 0.29) is 0 Å². The second kappa shape index (κ2) is 3.71. The molecular weight excluding hydrogens is 196 g/mol. The summed E-state index contributed by atoms with van der Waals surface area (Å²) in [7, 11) is 1.82. The molecule has 0 fully saturated rings. The van der Waals surface area contributed by atoms with E-state index in [1.54, 1.807) is 11.3 Å². The first-order valence-electron chi connectivity index (χ1n) is 4.24. The highest BCUT2D eigenvalue weighted by atomic mass is 32.1. The quantitative estimate of drug-likeness (QED) is 0.816. The summed E-state index contributed by atoms with van der Waals surface area (Å²) < 4.78 is 0. The van der Waals surface area contributed by atoms with E-state index in [9.17, 15) is 0 Å². The summed E-state index contributed by atoms with van der Waals surface area (Å²) in [6.45, 7) is 1.98. The molecule has 2 aromatic rings. The summed E-state index contributed by atoms with van der Waals surface area (Å²) in [5.41, 5.74) is 0.870. The summed E-state index contributed by atoms with van der Waals surface area (Å²) in [6.07, 6.45) is 1.82. The first-order chi connectivity index (χ1) is 6.79. The Labute approximate surface area is 86.0 Å². The Hall–Kier alpha value is -1.49. The number of thiazole rings is 1. The molecule has 4 nitrogen and oxygen atoms in total. The van der Waals surface area contributed by atoms with Crippen LogP contribution in [0.1, 0.15) is 5.01 Å². The van der Waals surface area contributed by atoms with Gasteiger partial charge in [0.1, 0.15) is 11.5 Å². The topological polar surface area (TPSA) is 50.7 Å². The maximum absolute atomic E-state index is 4.17. The number of anilines is 1. The molecule has 0 unspecified atom stereocenters. The molecule has 5 heteroatoms. The molecule has 0 amide bonds. The van der Waals surface area contributed by atoms with E-state index in [0.717, 1.165) is 21.4 Å². The van der Waals surface area contributed by atoms with Crippen LogP contribution in [0, 0.1) is 6.92 Å². The van der Waals surface area contributed by atoms with Crippen LogP contribution in [0.15, 0.2) is 18.3 Å². The minimum atomic E-state index is 0.773. The van der Waals surface area contributed by atoms with Gasteiger partial charge in [-0.1, -0.05) is 0 Å². The van der Waals surface area contributed by atoms with Gasteiger partial charge in [-0.2, -0.15) is 0 Å². The molecule has 0 bridgehead atoms. The lowest BCUT2D eigenvalue weighted by atomic mass is 10.3. The SMILES string of the molecule is CNc1ccc(-c2cnc(C)s2)nn1. The molecular formula is C9H10N4S. The zero-order valence-electron chi connectivity index (χ0n) is 7.98. The van der Waals surface area contributed by atoms with Crippen LogP contribution in [0.25, 0.3) is 10.6 Å². The van der Waals surface area contributed by atoms with Crippen molar-refractivity contribution in [2.24, 2.45) is 0 Å². The van der Waals surface area contributed by atoms with E-state index < -0.39 is 0 Å². The molecule has 72 valence electrons. The highest BCUT2D eigenvalue weighted by molar-refractivity contribution is 7.15. The number of hydrogen-bond donors (Lipinski definition) is 1. The van der Waals surface area contributed by atoms with Gasteiger partial charge in [0.05, 0.1) is 9.88 Å². The van der Waals surface area contributed by atoms with E-state index in [2.05, 4.69) is 20.5 Å². The van der Waals surface area contributed by atoms with Gasteiger partial charge in [0.25, 0.3) is 0 Å². The summed E-state index contributed by atoms with van der Waals surface area (Å²) in [5.74, 6) is 0.773. The number of aryl methyl sites for hydroxylation is 1. The maximum Gasteiger partial charge on any atom is 0.148 e. The van der Waals surface area contributed by atoms with E-state index in [0.29, 0.717) is 0 Å². The molecule has 0 radical (unpaired) electrons. The number of nitrogens with zero attached hydrogens (tertiary/aromatic N) is 3. The number of rotatable bonds is 2. The maximum atomic E-state index is 4.17. The third kappa shape index (κ3) is 1.72. The van der Waals surface area contributed by atoms with E-state index in [4.69, 9.17) is 0 Å². The van der Waals surface area contributed by atoms with Gasteiger partial charge in [-0.25, -0.2) is 4.98 Å². The molecule has 2 rings (SSSR count). The van der Waals surface area contributed by atoms with Gasteiger partial charge < -0.3 is 5.32 Å². The lowest BCUT2D eigenvalue weighted by Crippen LogP contribution is -1.94.